The molecule has 0 aromatic heterocycles. The van der Waals surface area contributed by atoms with Crippen molar-refractivity contribution in [2.45, 2.75) is 57.8 Å². The minimum Gasteiger partial charge on any atom is -0.484 e. The minimum absolute atomic E-state index is 0. The van der Waals surface area contributed by atoms with Gasteiger partial charge in [0.2, 0.25) is 5.91 Å². The summed E-state index contributed by atoms with van der Waals surface area (Å²) in [6.07, 6.45) is 1.10. The lowest BCUT2D eigenvalue weighted by Crippen LogP contribution is -2.45. The van der Waals surface area contributed by atoms with Gasteiger partial charge in [-0.2, -0.15) is 13.2 Å². The second-order valence-electron chi connectivity index (χ2n) is 7.20. The maximum Gasteiger partial charge on any atom is 0.422 e. The first-order valence-corrected chi connectivity index (χ1v) is 9.80. The number of amides is 1. The van der Waals surface area contributed by atoms with Gasteiger partial charge in [0, 0.05) is 25.2 Å². The van der Waals surface area contributed by atoms with E-state index in [4.69, 9.17) is 4.74 Å². The first kappa shape index (κ1) is 26.3. The summed E-state index contributed by atoms with van der Waals surface area (Å²) in [5, 5.41) is 8.93. The highest BCUT2D eigenvalue weighted by Crippen LogP contribution is 2.23. The van der Waals surface area contributed by atoms with Gasteiger partial charge in [-0.3, -0.25) is 9.79 Å². The van der Waals surface area contributed by atoms with Gasteiger partial charge in [-0.15, -0.1) is 24.0 Å². The zero-order chi connectivity index (χ0) is 21.3. The summed E-state index contributed by atoms with van der Waals surface area (Å²) in [5.41, 5.74) is 1.36. The van der Waals surface area contributed by atoms with E-state index in [0.717, 1.165) is 31.2 Å². The van der Waals surface area contributed by atoms with E-state index in [-0.39, 0.29) is 54.8 Å². The first-order valence-electron chi connectivity index (χ1n) is 9.80. The molecule has 1 aromatic rings. The second-order valence-corrected chi connectivity index (χ2v) is 7.20. The Bertz CT molecular complexity index is 708. The van der Waals surface area contributed by atoms with Gasteiger partial charge in [-0.05, 0) is 31.4 Å². The van der Waals surface area contributed by atoms with Crippen molar-refractivity contribution in [1.29, 1.82) is 0 Å². The van der Waals surface area contributed by atoms with Crippen LogP contribution >= 0.6 is 24.0 Å². The summed E-state index contributed by atoms with van der Waals surface area (Å²) in [6.45, 7) is 0.708. The number of halogens is 4. The average Bonchev–Trinajstić information content (AvgIpc) is 2.67. The number of alkyl halides is 3. The summed E-state index contributed by atoms with van der Waals surface area (Å²) in [6, 6.07) is 5.30. The van der Waals surface area contributed by atoms with Gasteiger partial charge in [-0.1, -0.05) is 31.4 Å². The number of guanidine groups is 1. The van der Waals surface area contributed by atoms with Crippen LogP contribution in [0.25, 0.3) is 0 Å². The van der Waals surface area contributed by atoms with Crippen LogP contribution in [0.3, 0.4) is 0 Å². The van der Waals surface area contributed by atoms with Gasteiger partial charge in [0.15, 0.2) is 12.6 Å². The number of ether oxygens (including phenoxy) is 1. The molecular weight excluding hydrogens is 512 g/mol. The van der Waals surface area contributed by atoms with Crippen LogP contribution in [-0.4, -0.2) is 44.3 Å². The maximum absolute atomic E-state index is 12.5. The van der Waals surface area contributed by atoms with Crippen molar-refractivity contribution in [2.24, 2.45) is 4.99 Å². The van der Waals surface area contributed by atoms with Crippen molar-refractivity contribution in [3.8, 4) is 5.75 Å². The summed E-state index contributed by atoms with van der Waals surface area (Å²) in [7, 11) is 1.56. The highest BCUT2D eigenvalue weighted by atomic mass is 127. The molecule has 1 fully saturated rings. The molecule has 1 aliphatic carbocycles. The molecule has 0 aliphatic heterocycles. The summed E-state index contributed by atoms with van der Waals surface area (Å²) in [4.78, 5) is 16.1. The van der Waals surface area contributed by atoms with Crippen LogP contribution < -0.4 is 20.7 Å². The molecular formula is C20H30F3IN4O2. The van der Waals surface area contributed by atoms with Crippen molar-refractivity contribution in [1.82, 2.24) is 16.0 Å². The van der Waals surface area contributed by atoms with Crippen LogP contribution in [0.2, 0.25) is 0 Å². The molecule has 0 spiro atoms. The van der Waals surface area contributed by atoms with E-state index < -0.39 is 12.8 Å². The molecule has 1 aliphatic rings. The van der Waals surface area contributed by atoms with Crippen LogP contribution in [0.4, 0.5) is 13.2 Å². The summed E-state index contributed by atoms with van der Waals surface area (Å²) < 4.78 is 42.4. The van der Waals surface area contributed by atoms with E-state index in [1.165, 1.54) is 6.42 Å². The Labute approximate surface area is 192 Å². The third-order valence-corrected chi connectivity index (χ3v) is 4.67. The standard InChI is InChI=1S/C20H29F3N4O2.HI/c1-14-8-9-15(17(10-14)29-13-20(21,22)23)11-25-19(24-2)26-12-18(28)27-16-6-4-3-5-7-16;/h8-10,16H,3-7,11-13H2,1-2H3,(H,27,28)(H2,24,25,26);1H. The normalized spacial score (nSPS) is 15.2. The fourth-order valence-corrected chi connectivity index (χ4v) is 3.19. The molecule has 30 heavy (non-hydrogen) atoms. The van der Waals surface area contributed by atoms with E-state index in [1.807, 2.05) is 0 Å². The number of rotatable bonds is 7. The molecule has 0 heterocycles. The molecule has 1 amide bonds. The number of nitrogens with zero attached hydrogens (tertiary/aromatic N) is 1. The zero-order valence-electron chi connectivity index (χ0n) is 17.3. The largest absolute Gasteiger partial charge is 0.484 e. The quantitative estimate of drug-likeness (QED) is 0.280. The van der Waals surface area contributed by atoms with Crippen molar-refractivity contribution in [3.05, 3.63) is 29.3 Å². The molecule has 6 nitrogen and oxygen atoms in total. The number of carbonyl (C=O) groups excluding carboxylic acids is 1. The number of aliphatic imine (C=N–C) groups is 1. The first-order chi connectivity index (χ1) is 13.8. The summed E-state index contributed by atoms with van der Waals surface area (Å²) >= 11 is 0. The van der Waals surface area contributed by atoms with Gasteiger partial charge in [0.05, 0.1) is 6.54 Å². The van der Waals surface area contributed by atoms with Crippen LogP contribution in [-0.2, 0) is 11.3 Å². The minimum atomic E-state index is -4.41. The Balaban J connectivity index is 0.00000450. The van der Waals surface area contributed by atoms with Crippen molar-refractivity contribution in [2.75, 3.05) is 20.2 Å². The van der Waals surface area contributed by atoms with Gasteiger partial charge in [0.25, 0.3) is 0 Å². The molecule has 170 valence electrons. The van der Waals surface area contributed by atoms with Crippen LogP contribution in [0, 0.1) is 6.92 Å². The molecule has 0 atom stereocenters. The molecule has 0 saturated heterocycles. The number of benzene rings is 1. The van der Waals surface area contributed by atoms with E-state index in [2.05, 4.69) is 20.9 Å². The molecule has 2 rings (SSSR count). The summed E-state index contributed by atoms with van der Waals surface area (Å²) in [5.74, 6) is 0.441. The Kier molecular flexibility index (Phi) is 11.3. The molecule has 0 bridgehead atoms. The average molecular weight is 542 g/mol. The van der Waals surface area contributed by atoms with E-state index in [9.17, 15) is 18.0 Å². The smallest absolute Gasteiger partial charge is 0.422 e. The number of nitrogens with one attached hydrogen (secondary N) is 3. The van der Waals surface area contributed by atoms with Crippen molar-refractivity contribution in [3.63, 3.8) is 0 Å². The van der Waals surface area contributed by atoms with Crippen molar-refractivity contribution >= 4 is 35.8 Å². The van der Waals surface area contributed by atoms with Crippen LogP contribution in [0.1, 0.15) is 43.2 Å². The van der Waals surface area contributed by atoms with Crippen LogP contribution in [0.5, 0.6) is 5.75 Å². The van der Waals surface area contributed by atoms with E-state index in [0.29, 0.717) is 11.5 Å². The monoisotopic (exact) mass is 542 g/mol. The molecule has 0 unspecified atom stereocenters. The fourth-order valence-electron chi connectivity index (χ4n) is 3.19. The number of hydrogen-bond acceptors (Lipinski definition) is 3. The third kappa shape index (κ3) is 9.86. The predicted molar refractivity (Wildman–Crippen MR) is 121 cm³/mol. The van der Waals surface area contributed by atoms with Crippen molar-refractivity contribution < 1.29 is 22.7 Å². The van der Waals surface area contributed by atoms with E-state index in [1.54, 1.807) is 32.2 Å². The Morgan fingerprint density at radius 1 is 1.20 bits per heavy atom. The fraction of sp³-hybridized carbons (Fsp3) is 0.600. The highest BCUT2D eigenvalue weighted by Gasteiger charge is 2.28. The Morgan fingerprint density at radius 2 is 1.90 bits per heavy atom. The maximum atomic E-state index is 12.5. The van der Waals surface area contributed by atoms with Gasteiger partial charge < -0.3 is 20.7 Å². The van der Waals surface area contributed by atoms with Gasteiger partial charge in [0.1, 0.15) is 5.75 Å². The lowest BCUT2D eigenvalue weighted by molar-refractivity contribution is -0.153. The lowest BCUT2D eigenvalue weighted by Gasteiger charge is -2.23. The van der Waals surface area contributed by atoms with Crippen LogP contribution in [0.15, 0.2) is 23.2 Å². The second kappa shape index (κ2) is 12.9. The van der Waals surface area contributed by atoms with Gasteiger partial charge in [-0.25, -0.2) is 0 Å². The lowest BCUT2D eigenvalue weighted by atomic mass is 9.95. The topological polar surface area (TPSA) is 74.8 Å². The molecule has 10 heteroatoms. The van der Waals surface area contributed by atoms with E-state index >= 15 is 0 Å². The molecule has 1 aromatic carbocycles. The molecule has 3 N–H and O–H groups in total. The number of carbonyl (C=O) groups is 1. The zero-order valence-corrected chi connectivity index (χ0v) is 19.6. The number of hydrogen-bond donors (Lipinski definition) is 3. The third-order valence-electron chi connectivity index (χ3n) is 4.67. The Hall–Kier alpha value is -1.72. The SMILES string of the molecule is CN=C(NCC(=O)NC1CCCCC1)NCc1ccc(C)cc1OCC(F)(F)F.I. The molecule has 1 saturated carbocycles. The number of aryl methyl sites for hydroxylation is 1. The highest BCUT2D eigenvalue weighted by molar-refractivity contribution is 14.0. The van der Waals surface area contributed by atoms with Gasteiger partial charge >= 0.3 is 6.18 Å². The Morgan fingerprint density at radius 3 is 2.53 bits per heavy atom. The molecule has 0 radical (unpaired) electrons. The predicted octanol–water partition coefficient (Wildman–Crippen LogP) is 3.67.